The van der Waals surface area contributed by atoms with Crippen molar-refractivity contribution in [2.45, 2.75) is 180 Å². The molecular weight excluding hydrogens is 592 g/mol. The molecule has 268 valence electrons. The zero-order valence-electron chi connectivity index (χ0n) is 30.2. The van der Waals surface area contributed by atoms with Gasteiger partial charge in [0.15, 0.2) is 5.78 Å². The van der Waals surface area contributed by atoms with E-state index in [4.69, 9.17) is 4.74 Å². The molecule has 4 aliphatic carbocycles. The summed E-state index contributed by atoms with van der Waals surface area (Å²) in [7, 11) is 0. The maximum Gasteiger partial charge on any atom is 0.306 e. The van der Waals surface area contributed by atoms with Gasteiger partial charge < -0.3 is 25.2 Å². The summed E-state index contributed by atoms with van der Waals surface area (Å²) in [5, 5.41) is 46.1. The molecule has 0 amide bonds. The molecular formula is C40H66O7. The lowest BCUT2D eigenvalue weighted by atomic mass is 9.59. The third kappa shape index (κ3) is 7.35. The van der Waals surface area contributed by atoms with Gasteiger partial charge in [-0.1, -0.05) is 143 Å². The van der Waals surface area contributed by atoms with E-state index in [9.17, 15) is 30.0 Å². The second kappa shape index (κ2) is 16.0. The zero-order chi connectivity index (χ0) is 34.5. The first-order valence-corrected chi connectivity index (χ1v) is 19.2. The molecule has 0 radical (unpaired) electrons. The Labute approximate surface area is 284 Å². The second-order valence-corrected chi connectivity index (χ2v) is 16.3. The van der Waals surface area contributed by atoms with Crippen molar-refractivity contribution < 1.29 is 34.8 Å². The van der Waals surface area contributed by atoms with Crippen LogP contribution in [-0.4, -0.2) is 61.7 Å². The van der Waals surface area contributed by atoms with Crippen molar-refractivity contribution in [3.8, 4) is 0 Å². The smallest absolute Gasteiger partial charge is 0.306 e. The van der Waals surface area contributed by atoms with Gasteiger partial charge in [-0.25, -0.2) is 0 Å². The molecule has 0 bridgehead atoms. The fraction of sp³-hybridized carbons (Fsp3) is 0.850. The third-order valence-corrected chi connectivity index (χ3v) is 12.8. The van der Waals surface area contributed by atoms with E-state index in [1.807, 2.05) is 13.8 Å². The van der Waals surface area contributed by atoms with E-state index in [1.54, 1.807) is 26.0 Å². The number of aliphatic hydroxyl groups is 4. The number of aliphatic hydroxyl groups excluding tert-OH is 2. The summed E-state index contributed by atoms with van der Waals surface area (Å²) < 4.78 is 6.23. The van der Waals surface area contributed by atoms with E-state index in [1.165, 1.54) is 89.9 Å². The standard InChI is InChI=1S/C40H66O7/c1-6-7-8-9-10-11-12-13-14-15-16-17-18-19-20-21-22-23-33(42)47-40-34(37(40,4)5)31-25-30(27-41)26-38(45)32(24-28(2)35(38)43)39(31,46)29(3)36(40)44/h24-25,29,31-32,34,36,41,44-46H,6-23,26-27H2,1-5H3/t29-,31+,32-,34-,36-,38-,39-,40-/m1/s1. The highest BCUT2D eigenvalue weighted by atomic mass is 16.6. The van der Waals surface area contributed by atoms with Crippen molar-refractivity contribution in [1.29, 1.82) is 0 Å². The van der Waals surface area contributed by atoms with Crippen LogP contribution in [-0.2, 0) is 14.3 Å². The number of Topliss-reactive ketones (excluding diaryl/α,β-unsaturated/α-hetero) is 1. The number of fused-ring (bicyclic) bond motifs is 5. The quantitative estimate of drug-likeness (QED) is 0.0606. The molecule has 2 saturated carbocycles. The zero-order valence-corrected chi connectivity index (χ0v) is 30.2. The van der Waals surface area contributed by atoms with Crippen LogP contribution in [0.25, 0.3) is 0 Å². The van der Waals surface area contributed by atoms with Crippen LogP contribution in [0.3, 0.4) is 0 Å². The van der Waals surface area contributed by atoms with E-state index in [0.717, 1.165) is 19.3 Å². The van der Waals surface area contributed by atoms with Crippen LogP contribution >= 0.6 is 0 Å². The Kier molecular flexibility index (Phi) is 13.0. The minimum atomic E-state index is -1.89. The van der Waals surface area contributed by atoms with Gasteiger partial charge in [-0.05, 0) is 24.5 Å². The van der Waals surface area contributed by atoms with Gasteiger partial charge in [0, 0.05) is 41.9 Å². The first-order chi connectivity index (χ1) is 22.3. The van der Waals surface area contributed by atoms with E-state index in [-0.39, 0.29) is 25.4 Å². The maximum atomic E-state index is 13.2. The van der Waals surface area contributed by atoms with Crippen molar-refractivity contribution in [2.75, 3.05) is 6.61 Å². The fourth-order valence-electron chi connectivity index (χ4n) is 9.90. The maximum absolute atomic E-state index is 13.2. The van der Waals surface area contributed by atoms with Crippen molar-refractivity contribution in [3.05, 3.63) is 23.3 Å². The topological polar surface area (TPSA) is 124 Å². The average Bonchev–Trinajstić information content (AvgIpc) is 3.47. The second-order valence-electron chi connectivity index (χ2n) is 16.3. The molecule has 7 heteroatoms. The van der Waals surface area contributed by atoms with Gasteiger partial charge in [-0.15, -0.1) is 0 Å². The molecule has 47 heavy (non-hydrogen) atoms. The number of ether oxygens (including phenoxy) is 1. The predicted octanol–water partition coefficient (Wildman–Crippen LogP) is 7.52. The van der Waals surface area contributed by atoms with Gasteiger partial charge in [0.1, 0.15) is 11.2 Å². The number of hydrogen-bond donors (Lipinski definition) is 4. The molecule has 0 saturated heterocycles. The number of unbranched alkanes of at least 4 members (excludes halogenated alkanes) is 16. The number of esters is 1. The summed E-state index contributed by atoms with van der Waals surface area (Å²) in [6.07, 6.45) is 24.1. The number of carbonyl (C=O) groups excluding carboxylic acids is 2. The van der Waals surface area contributed by atoms with Crippen molar-refractivity contribution in [1.82, 2.24) is 0 Å². The highest BCUT2D eigenvalue weighted by Crippen LogP contribution is 2.76. The van der Waals surface area contributed by atoms with Gasteiger partial charge in [0.2, 0.25) is 0 Å². The predicted molar refractivity (Wildman–Crippen MR) is 185 cm³/mol. The Morgan fingerprint density at radius 2 is 1.34 bits per heavy atom. The average molecular weight is 659 g/mol. The lowest BCUT2D eigenvalue weighted by molar-refractivity contribution is -0.219. The van der Waals surface area contributed by atoms with Gasteiger partial charge in [-0.2, -0.15) is 0 Å². The SMILES string of the molecule is CCCCCCCCCCCCCCCCCCCC(=O)O[C@@]12[C@H](O)[C@@H](C)[C@@]3(O)[C@@H](C=C(CO)C[C@]4(O)C(=O)C(C)=C[C@@H]34)[C@@H]1C2(C)C. The Morgan fingerprint density at radius 3 is 1.83 bits per heavy atom. The lowest BCUT2D eigenvalue weighted by Crippen LogP contribution is -2.65. The summed E-state index contributed by atoms with van der Waals surface area (Å²) in [5.74, 6) is -3.59. The lowest BCUT2D eigenvalue weighted by Gasteiger charge is -2.52. The molecule has 0 aliphatic heterocycles. The number of ketones is 1. The summed E-state index contributed by atoms with van der Waals surface area (Å²) in [4.78, 5) is 26.4. The molecule has 4 aliphatic rings. The van der Waals surface area contributed by atoms with Crippen LogP contribution in [0.4, 0.5) is 0 Å². The van der Waals surface area contributed by atoms with Crippen LogP contribution in [0.2, 0.25) is 0 Å². The molecule has 2 fully saturated rings. The Balaban J connectivity index is 1.21. The number of hydrogen-bond acceptors (Lipinski definition) is 7. The third-order valence-electron chi connectivity index (χ3n) is 12.8. The molecule has 0 aromatic heterocycles. The Bertz CT molecular complexity index is 1140. The highest BCUT2D eigenvalue weighted by Gasteiger charge is 2.86. The highest BCUT2D eigenvalue weighted by molar-refractivity contribution is 6.04. The van der Waals surface area contributed by atoms with Crippen molar-refractivity contribution in [2.24, 2.45) is 29.1 Å². The van der Waals surface area contributed by atoms with Crippen molar-refractivity contribution in [3.63, 3.8) is 0 Å². The largest absolute Gasteiger partial charge is 0.455 e. The molecule has 8 atom stereocenters. The van der Waals surface area contributed by atoms with Gasteiger partial charge in [0.25, 0.3) is 0 Å². The molecule has 0 aromatic carbocycles. The Hall–Kier alpha value is -1.54. The van der Waals surface area contributed by atoms with E-state index < -0.39 is 57.8 Å². The minimum Gasteiger partial charge on any atom is -0.455 e. The monoisotopic (exact) mass is 658 g/mol. The van der Waals surface area contributed by atoms with Crippen LogP contribution in [0.5, 0.6) is 0 Å². The number of carbonyl (C=O) groups is 2. The van der Waals surface area contributed by atoms with Gasteiger partial charge >= 0.3 is 5.97 Å². The van der Waals surface area contributed by atoms with Gasteiger partial charge in [0.05, 0.1) is 18.3 Å². The summed E-state index contributed by atoms with van der Waals surface area (Å²) in [6.45, 7) is 9.16. The summed E-state index contributed by atoms with van der Waals surface area (Å²) >= 11 is 0. The van der Waals surface area contributed by atoms with Crippen molar-refractivity contribution >= 4 is 11.8 Å². The van der Waals surface area contributed by atoms with E-state index in [2.05, 4.69) is 6.92 Å². The molecule has 4 rings (SSSR count). The van der Waals surface area contributed by atoms with Gasteiger partial charge in [-0.3, -0.25) is 9.59 Å². The molecule has 4 N–H and O–H groups in total. The summed E-state index contributed by atoms with van der Waals surface area (Å²) in [6, 6.07) is 0. The van der Waals surface area contributed by atoms with E-state index >= 15 is 0 Å². The van der Waals surface area contributed by atoms with Crippen LogP contribution in [0.15, 0.2) is 23.3 Å². The van der Waals surface area contributed by atoms with Crippen LogP contribution < -0.4 is 0 Å². The van der Waals surface area contributed by atoms with E-state index in [0.29, 0.717) is 11.1 Å². The molecule has 7 nitrogen and oxygen atoms in total. The minimum absolute atomic E-state index is 0.0816. The normalized spacial score (nSPS) is 35.3. The van der Waals surface area contributed by atoms with Crippen LogP contribution in [0, 0.1) is 29.1 Å². The fourth-order valence-corrected chi connectivity index (χ4v) is 9.90. The molecule has 0 unspecified atom stereocenters. The first kappa shape index (κ1) is 38.3. The molecule has 0 spiro atoms. The summed E-state index contributed by atoms with van der Waals surface area (Å²) in [5.41, 5.74) is -4.54. The van der Waals surface area contributed by atoms with Crippen LogP contribution in [0.1, 0.15) is 157 Å². The Morgan fingerprint density at radius 1 is 0.851 bits per heavy atom. The molecule has 0 aromatic rings. The number of rotatable bonds is 20. The molecule has 0 heterocycles. The first-order valence-electron chi connectivity index (χ1n) is 19.2.